The van der Waals surface area contributed by atoms with Gasteiger partial charge in [0.05, 0.1) is 17.0 Å². The van der Waals surface area contributed by atoms with Crippen molar-refractivity contribution in [3.05, 3.63) is 59.3 Å². The fraction of sp³-hybridized carbons (Fsp3) is 0.409. The highest BCUT2D eigenvalue weighted by molar-refractivity contribution is 5.73. The van der Waals surface area contributed by atoms with Crippen molar-refractivity contribution >= 4 is 6.09 Å². The molecule has 2 aromatic rings. The van der Waals surface area contributed by atoms with E-state index in [0.29, 0.717) is 12.1 Å². The third-order valence-corrected chi connectivity index (χ3v) is 5.80. The van der Waals surface area contributed by atoms with Crippen LogP contribution in [0.1, 0.15) is 50.8 Å². The highest BCUT2D eigenvalue weighted by Gasteiger charge is 2.58. The molecule has 1 aromatic carbocycles. The second-order valence-electron chi connectivity index (χ2n) is 8.65. The average molecular weight is 399 g/mol. The van der Waals surface area contributed by atoms with Crippen LogP contribution in [0.25, 0.3) is 11.3 Å². The number of rotatable bonds is 2. The van der Waals surface area contributed by atoms with Crippen LogP contribution in [0, 0.1) is 11.6 Å². The highest BCUT2D eigenvalue weighted by Crippen LogP contribution is 2.60. The lowest BCUT2D eigenvalue weighted by Gasteiger charge is -2.38. The molecule has 1 saturated carbocycles. The maximum atomic E-state index is 14.2. The molecular formula is C22H23F2N3O2. The minimum atomic E-state index is -0.818. The Morgan fingerprint density at radius 1 is 1.28 bits per heavy atom. The van der Waals surface area contributed by atoms with E-state index in [0.717, 1.165) is 17.6 Å². The third-order valence-electron chi connectivity index (χ3n) is 5.80. The second-order valence-corrected chi connectivity index (χ2v) is 8.65. The topological polar surface area (TPSA) is 55.3 Å². The summed E-state index contributed by atoms with van der Waals surface area (Å²) in [7, 11) is 1.67. The predicted octanol–water partition coefficient (Wildman–Crippen LogP) is 4.93. The number of ether oxygens (including phenoxy) is 1. The summed E-state index contributed by atoms with van der Waals surface area (Å²) in [5.74, 6) is -1.43. The van der Waals surface area contributed by atoms with Crippen LogP contribution >= 0.6 is 0 Å². The zero-order valence-electron chi connectivity index (χ0n) is 16.9. The van der Waals surface area contributed by atoms with Gasteiger partial charge in [-0.15, -0.1) is 5.10 Å². The summed E-state index contributed by atoms with van der Waals surface area (Å²) in [6, 6.07) is 5.36. The monoisotopic (exact) mass is 399 g/mol. The molecule has 2 bridgehead atoms. The molecule has 0 unspecified atom stereocenters. The van der Waals surface area contributed by atoms with Crippen LogP contribution in [0.2, 0.25) is 0 Å². The molecule has 7 heteroatoms. The Morgan fingerprint density at radius 3 is 2.55 bits per heavy atom. The van der Waals surface area contributed by atoms with Crippen molar-refractivity contribution in [2.45, 2.75) is 50.7 Å². The van der Waals surface area contributed by atoms with E-state index in [9.17, 15) is 13.6 Å². The van der Waals surface area contributed by atoms with Gasteiger partial charge in [-0.25, -0.2) is 13.6 Å². The number of halogens is 2. The lowest BCUT2D eigenvalue weighted by molar-refractivity contribution is 0.0108. The van der Waals surface area contributed by atoms with E-state index < -0.39 is 28.9 Å². The first-order valence-corrected chi connectivity index (χ1v) is 9.55. The number of nitrogens with zero attached hydrogens (tertiary/aromatic N) is 3. The zero-order chi connectivity index (χ0) is 21.1. The Hall–Kier alpha value is -2.83. The molecule has 2 aliphatic rings. The largest absolute Gasteiger partial charge is 0.444 e. The molecule has 1 aromatic heterocycles. The minimum Gasteiger partial charge on any atom is -0.444 e. The van der Waals surface area contributed by atoms with E-state index >= 15 is 0 Å². The molecule has 0 radical (unpaired) electrons. The molecule has 1 amide bonds. The summed E-state index contributed by atoms with van der Waals surface area (Å²) in [6.45, 7) is 9.66. The fourth-order valence-electron chi connectivity index (χ4n) is 4.48. The number of benzene rings is 1. The lowest BCUT2D eigenvalue weighted by Crippen LogP contribution is -2.48. The van der Waals surface area contributed by atoms with Crippen LogP contribution < -0.4 is 0 Å². The molecule has 0 N–H and O–H groups in total. The van der Waals surface area contributed by atoms with Crippen molar-refractivity contribution in [1.29, 1.82) is 0 Å². The van der Waals surface area contributed by atoms with Crippen molar-refractivity contribution in [2.75, 3.05) is 7.05 Å². The number of carbonyl (C=O) groups is 1. The minimum absolute atomic E-state index is 0.0426. The molecule has 2 aliphatic carbocycles. The number of carbonyl (C=O) groups excluding carboxylic acids is 1. The maximum absolute atomic E-state index is 14.2. The Labute approximate surface area is 168 Å². The smallest absolute Gasteiger partial charge is 0.411 e. The molecule has 2 atom stereocenters. The van der Waals surface area contributed by atoms with Crippen molar-refractivity contribution in [1.82, 2.24) is 15.1 Å². The molecule has 1 heterocycles. The van der Waals surface area contributed by atoms with Crippen LogP contribution in [0.5, 0.6) is 0 Å². The molecule has 4 rings (SSSR count). The first-order valence-electron chi connectivity index (χ1n) is 9.55. The summed E-state index contributed by atoms with van der Waals surface area (Å²) >= 11 is 0. The number of hydrogen-bond donors (Lipinski definition) is 0. The second kappa shape index (κ2) is 6.34. The van der Waals surface area contributed by atoms with Crippen molar-refractivity contribution in [2.24, 2.45) is 0 Å². The number of fused-ring (bicyclic) bond motifs is 5. The van der Waals surface area contributed by atoms with Crippen LogP contribution in [0.4, 0.5) is 13.6 Å². The first kappa shape index (κ1) is 19.5. The van der Waals surface area contributed by atoms with Crippen LogP contribution in [-0.4, -0.2) is 33.8 Å². The fourth-order valence-corrected chi connectivity index (χ4v) is 4.48. The molecule has 0 spiro atoms. The number of hydrogen-bond acceptors (Lipinski definition) is 4. The summed E-state index contributed by atoms with van der Waals surface area (Å²) < 4.78 is 34.0. The Morgan fingerprint density at radius 2 is 1.93 bits per heavy atom. The van der Waals surface area contributed by atoms with Crippen LogP contribution in [-0.2, 0) is 10.3 Å². The Bertz CT molecular complexity index is 1010. The van der Waals surface area contributed by atoms with Gasteiger partial charge in [0.25, 0.3) is 0 Å². The van der Waals surface area contributed by atoms with Crippen molar-refractivity contribution < 1.29 is 18.3 Å². The summed E-state index contributed by atoms with van der Waals surface area (Å²) in [5, 5.41) is 8.44. The van der Waals surface area contributed by atoms with E-state index in [1.54, 1.807) is 33.9 Å². The maximum Gasteiger partial charge on any atom is 0.411 e. The summed E-state index contributed by atoms with van der Waals surface area (Å²) in [4.78, 5) is 14.3. The van der Waals surface area contributed by atoms with E-state index in [2.05, 4.69) is 16.8 Å². The molecule has 29 heavy (non-hydrogen) atoms. The number of likely N-dealkylation sites (N-methyl/N-ethyl adjacent to an activating group) is 1. The van der Waals surface area contributed by atoms with Gasteiger partial charge in [0.15, 0.2) is 0 Å². The van der Waals surface area contributed by atoms with Crippen molar-refractivity contribution in [3.8, 4) is 11.3 Å². The SMILES string of the molecule is C=C1[C@@H]2CC[C@@]1(N(C)C(=O)OC(C)(C)C)c1nnc(-c3c(F)cccc3F)cc12. The van der Waals surface area contributed by atoms with Crippen LogP contribution in [0.15, 0.2) is 36.4 Å². The lowest BCUT2D eigenvalue weighted by atomic mass is 9.89. The van der Waals surface area contributed by atoms with Gasteiger partial charge < -0.3 is 4.74 Å². The standard InChI is InChI=1S/C22H23F2N3O2/c1-12-13-9-10-22(12,27(5)20(28)29-21(2,3)4)19-14(13)11-17(25-26-19)18-15(23)7-6-8-16(18)24/h6-8,11,13H,1,9-10H2,2-5H3/t13-,22-/m0/s1. The van der Waals surface area contributed by atoms with Gasteiger partial charge in [-0.1, -0.05) is 12.6 Å². The molecule has 1 fully saturated rings. The van der Waals surface area contributed by atoms with E-state index in [4.69, 9.17) is 4.74 Å². The summed E-state index contributed by atoms with van der Waals surface area (Å²) in [6.07, 6.45) is 0.948. The molecule has 0 saturated heterocycles. The third kappa shape index (κ3) is 2.82. The molecule has 5 nitrogen and oxygen atoms in total. The number of aromatic nitrogens is 2. The molecular weight excluding hydrogens is 376 g/mol. The average Bonchev–Trinajstić information content (AvgIpc) is 3.08. The molecule has 152 valence electrons. The van der Waals surface area contributed by atoms with Gasteiger partial charge in [-0.3, -0.25) is 4.90 Å². The first-order chi connectivity index (χ1) is 13.6. The van der Waals surface area contributed by atoms with Gasteiger partial charge in [0, 0.05) is 13.0 Å². The van der Waals surface area contributed by atoms with E-state index in [1.807, 2.05) is 0 Å². The molecule has 0 aliphatic heterocycles. The summed E-state index contributed by atoms with van der Waals surface area (Å²) in [5.41, 5.74) is 0.723. The Balaban J connectivity index is 1.79. The van der Waals surface area contributed by atoms with Gasteiger partial charge in [0.2, 0.25) is 0 Å². The van der Waals surface area contributed by atoms with Crippen LogP contribution in [0.3, 0.4) is 0 Å². The normalized spacial score (nSPS) is 22.6. The van der Waals surface area contributed by atoms with Gasteiger partial charge in [-0.05, 0) is 62.9 Å². The van der Waals surface area contributed by atoms with Gasteiger partial charge >= 0.3 is 6.09 Å². The quantitative estimate of drug-likeness (QED) is 0.672. The van der Waals surface area contributed by atoms with Gasteiger partial charge in [-0.2, -0.15) is 5.10 Å². The van der Waals surface area contributed by atoms with E-state index in [-0.39, 0.29) is 17.2 Å². The van der Waals surface area contributed by atoms with Gasteiger partial charge in [0.1, 0.15) is 22.8 Å². The van der Waals surface area contributed by atoms with E-state index in [1.165, 1.54) is 23.1 Å². The highest BCUT2D eigenvalue weighted by atomic mass is 19.1. The predicted molar refractivity (Wildman–Crippen MR) is 104 cm³/mol. The number of amides is 1. The van der Waals surface area contributed by atoms with Crippen molar-refractivity contribution in [3.63, 3.8) is 0 Å². The zero-order valence-corrected chi connectivity index (χ0v) is 16.9. The Kier molecular flexibility index (Phi) is 4.26.